The molecule has 2 N–H and O–H groups in total. The zero-order valence-electron chi connectivity index (χ0n) is 15.5. The second-order valence-corrected chi connectivity index (χ2v) is 6.62. The summed E-state index contributed by atoms with van der Waals surface area (Å²) in [4.78, 5) is 25.5. The van der Waals surface area contributed by atoms with Crippen molar-refractivity contribution in [2.75, 3.05) is 32.1 Å². The van der Waals surface area contributed by atoms with Crippen LogP contribution in [0.5, 0.6) is 5.75 Å². The number of nitrogens with zero attached hydrogens (tertiary/aromatic N) is 2. The lowest BCUT2D eigenvalue weighted by Crippen LogP contribution is -2.31. The van der Waals surface area contributed by atoms with Crippen molar-refractivity contribution in [1.82, 2.24) is 10.2 Å². The highest BCUT2D eigenvalue weighted by Crippen LogP contribution is 2.31. The first-order chi connectivity index (χ1) is 13.0. The number of nitriles is 1. The third-order valence-electron chi connectivity index (χ3n) is 4.28. The number of anilines is 1. The second-order valence-electron chi connectivity index (χ2n) is 6.21. The van der Waals surface area contributed by atoms with Crippen molar-refractivity contribution in [3.8, 4) is 11.8 Å². The molecule has 0 saturated carbocycles. The summed E-state index contributed by atoms with van der Waals surface area (Å²) in [7, 11) is 1.51. The number of aryl methyl sites for hydroxylation is 1. The summed E-state index contributed by atoms with van der Waals surface area (Å²) in [6.07, 6.45) is 3.48. The summed E-state index contributed by atoms with van der Waals surface area (Å²) in [5, 5.41) is 15.4. The zero-order valence-corrected chi connectivity index (χ0v) is 16.2. The Morgan fingerprint density at radius 1 is 1.48 bits per heavy atom. The van der Waals surface area contributed by atoms with E-state index in [-0.39, 0.29) is 11.5 Å². The van der Waals surface area contributed by atoms with Crippen LogP contribution in [0.15, 0.2) is 23.9 Å². The van der Waals surface area contributed by atoms with Gasteiger partial charge in [0.2, 0.25) is 5.91 Å². The fraction of sp³-hybridized carbons (Fsp3) is 0.421. The van der Waals surface area contributed by atoms with Crippen molar-refractivity contribution in [3.63, 3.8) is 0 Å². The summed E-state index contributed by atoms with van der Waals surface area (Å²) in [5.41, 5.74) is 1.39. The minimum absolute atomic E-state index is 0.0538. The smallest absolute Gasteiger partial charge is 0.263 e. The molecular weight excluding hydrogens is 368 g/mol. The molecule has 0 unspecified atom stereocenters. The Bertz CT molecular complexity index is 786. The van der Waals surface area contributed by atoms with Crippen LogP contribution in [-0.4, -0.2) is 43.5 Å². The molecule has 2 rings (SSSR count). The van der Waals surface area contributed by atoms with Gasteiger partial charge in [-0.25, -0.2) is 0 Å². The summed E-state index contributed by atoms with van der Waals surface area (Å²) in [5.74, 6) is 0.201. The number of methoxy groups -OCH3 is 1. The second kappa shape index (κ2) is 9.83. The highest BCUT2D eigenvalue weighted by Gasteiger charge is 2.19. The van der Waals surface area contributed by atoms with E-state index in [2.05, 4.69) is 10.6 Å². The average Bonchev–Trinajstić information content (AvgIpc) is 3.06. The van der Waals surface area contributed by atoms with Crippen molar-refractivity contribution >= 4 is 29.1 Å². The molecule has 0 spiro atoms. The van der Waals surface area contributed by atoms with Gasteiger partial charge in [0.25, 0.3) is 5.91 Å². The number of rotatable bonds is 8. The number of nitrogens with one attached hydrogen (secondary N) is 2. The van der Waals surface area contributed by atoms with Gasteiger partial charge in [0, 0.05) is 43.3 Å². The third kappa shape index (κ3) is 5.63. The topological polar surface area (TPSA) is 94.5 Å². The molecule has 0 radical (unpaired) electrons. The molecule has 144 valence electrons. The molecule has 1 aromatic carbocycles. The van der Waals surface area contributed by atoms with E-state index in [0.717, 1.165) is 18.5 Å². The predicted octanol–water partition coefficient (Wildman–Crippen LogP) is 2.61. The molecule has 1 aliphatic rings. The molecule has 1 aromatic rings. The van der Waals surface area contributed by atoms with Gasteiger partial charge in [0.15, 0.2) is 0 Å². The van der Waals surface area contributed by atoms with Gasteiger partial charge in [0.05, 0.1) is 12.8 Å². The molecule has 0 aliphatic carbocycles. The van der Waals surface area contributed by atoms with Crippen molar-refractivity contribution < 1.29 is 14.3 Å². The average molecular weight is 391 g/mol. The Kier molecular flexibility index (Phi) is 7.50. The molecule has 0 bridgehead atoms. The van der Waals surface area contributed by atoms with E-state index in [1.54, 1.807) is 17.0 Å². The number of carbonyl (C=O) groups is 2. The van der Waals surface area contributed by atoms with Gasteiger partial charge < -0.3 is 20.3 Å². The van der Waals surface area contributed by atoms with E-state index >= 15 is 0 Å². The normalized spacial score (nSPS) is 14.1. The Labute approximate surface area is 163 Å². The van der Waals surface area contributed by atoms with Crippen LogP contribution in [0.3, 0.4) is 0 Å². The monoisotopic (exact) mass is 390 g/mol. The zero-order chi connectivity index (χ0) is 19.8. The van der Waals surface area contributed by atoms with E-state index in [0.29, 0.717) is 42.4 Å². The number of likely N-dealkylation sites (tertiary alicyclic amines) is 1. The first-order valence-electron chi connectivity index (χ1n) is 8.73. The van der Waals surface area contributed by atoms with Crippen LogP contribution in [-0.2, 0) is 9.59 Å². The highest BCUT2D eigenvalue weighted by molar-refractivity contribution is 6.31. The summed E-state index contributed by atoms with van der Waals surface area (Å²) < 4.78 is 5.25. The molecule has 0 aromatic heterocycles. The van der Waals surface area contributed by atoms with Crippen LogP contribution >= 0.6 is 11.6 Å². The maximum Gasteiger partial charge on any atom is 0.263 e. The molecule has 1 heterocycles. The van der Waals surface area contributed by atoms with Gasteiger partial charge in [-0.2, -0.15) is 5.26 Å². The number of hydrogen-bond donors (Lipinski definition) is 2. The molecule has 7 nitrogen and oxygen atoms in total. The van der Waals surface area contributed by atoms with Crippen LogP contribution in [0.1, 0.15) is 24.8 Å². The van der Waals surface area contributed by atoms with E-state index in [4.69, 9.17) is 16.3 Å². The molecule has 1 fully saturated rings. The highest BCUT2D eigenvalue weighted by atomic mass is 35.5. The van der Waals surface area contributed by atoms with Crippen LogP contribution in [0.25, 0.3) is 0 Å². The van der Waals surface area contributed by atoms with Crippen molar-refractivity contribution in [3.05, 3.63) is 34.5 Å². The van der Waals surface area contributed by atoms with Gasteiger partial charge >= 0.3 is 0 Å². The first kappa shape index (κ1) is 20.6. The van der Waals surface area contributed by atoms with Gasteiger partial charge in [-0.3, -0.25) is 9.59 Å². The molecule has 27 heavy (non-hydrogen) atoms. The Hall–Kier alpha value is -2.72. The summed E-state index contributed by atoms with van der Waals surface area (Å²) in [6, 6.07) is 5.32. The fourth-order valence-corrected chi connectivity index (χ4v) is 2.90. The van der Waals surface area contributed by atoms with Crippen molar-refractivity contribution in [2.45, 2.75) is 26.2 Å². The summed E-state index contributed by atoms with van der Waals surface area (Å²) >= 11 is 6.07. The minimum atomic E-state index is -0.470. The maximum absolute atomic E-state index is 12.2. The van der Waals surface area contributed by atoms with Gasteiger partial charge in [-0.05, 0) is 31.4 Å². The van der Waals surface area contributed by atoms with E-state index in [1.165, 1.54) is 13.3 Å². The lowest BCUT2D eigenvalue weighted by Gasteiger charge is -2.15. The molecule has 1 aliphatic heterocycles. The number of benzene rings is 1. The van der Waals surface area contributed by atoms with Crippen molar-refractivity contribution in [1.29, 1.82) is 5.26 Å². The van der Waals surface area contributed by atoms with Crippen LogP contribution in [0.4, 0.5) is 5.69 Å². The maximum atomic E-state index is 12.2. The molecule has 8 heteroatoms. The van der Waals surface area contributed by atoms with Crippen molar-refractivity contribution in [2.24, 2.45) is 0 Å². The van der Waals surface area contributed by atoms with Crippen LogP contribution < -0.4 is 15.4 Å². The van der Waals surface area contributed by atoms with Gasteiger partial charge in [-0.1, -0.05) is 11.6 Å². The SMILES string of the molecule is COc1cc(Cl)c(C)cc1N/C=C(/C#N)C(=O)NCCCN1CCCC1=O. The summed E-state index contributed by atoms with van der Waals surface area (Å²) in [6.45, 7) is 3.64. The molecule has 1 saturated heterocycles. The van der Waals surface area contributed by atoms with E-state index in [1.807, 2.05) is 13.0 Å². The predicted molar refractivity (Wildman–Crippen MR) is 104 cm³/mol. The van der Waals surface area contributed by atoms with Gasteiger partial charge in [-0.15, -0.1) is 0 Å². The number of amides is 2. The minimum Gasteiger partial charge on any atom is -0.495 e. The lowest BCUT2D eigenvalue weighted by atomic mass is 10.2. The Balaban J connectivity index is 1.89. The quantitative estimate of drug-likeness (QED) is 0.404. The molecule has 0 atom stereocenters. The fourth-order valence-electron chi connectivity index (χ4n) is 2.75. The Morgan fingerprint density at radius 2 is 2.26 bits per heavy atom. The lowest BCUT2D eigenvalue weighted by molar-refractivity contribution is -0.127. The van der Waals surface area contributed by atoms with Gasteiger partial charge in [0.1, 0.15) is 17.4 Å². The molecule has 2 amide bonds. The standard InChI is InChI=1S/C19H23ClN4O3/c1-13-9-16(17(27-2)10-15(13)20)23-12-14(11-21)19(26)22-6-4-8-24-7-3-5-18(24)25/h9-10,12,23H,3-8H2,1-2H3,(H,22,26)/b14-12-. The number of hydrogen-bond acceptors (Lipinski definition) is 5. The van der Waals surface area contributed by atoms with Crippen LogP contribution in [0.2, 0.25) is 5.02 Å². The van der Waals surface area contributed by atoms with E-state index < -0.39 is 5.91 Å². The van der Waals surface area contributed by atoms with E-state index in [9.17, 15) is 14.9 Å². The first-order valence-corrected chi connectivity index (χ1v) is 9.11. The molecular formula is C19H23ClN4O3. The third-order valence-corrected chi connectivity index (χ3v) is 4.69. The van der Waals surface area contributed by atoms with Crippen LogP contribution in [0, 0.1) is 18.3 Å². The number of ether oxygens (including phenoxy) is 1. The largest absolute Gasteiger partial charge is 0.495 e. The number of halogens is 1. The Morgan fingerprint density at radius 3 is 2.89 bits per heavy atom. The number of carbonyl (C=O) groups excluding carboxylic acids is 2.